The van der Waals surface area contributed by atoms with Crippen LogP contribution in [0.3, 0.4) is 0 Å². The highest BCUT2D eigenvalue weighted by Crippen LogP contribution is 2.27. The number of nitrogens with one attached hydrogen (secondary N) is 1. The number of hydrogen-bond donors (Lipinski definition) is 1. The van der Waals surface area contributed by atoms with Gasteiger partial charge >= 0.3 is 0 Å². The minimum Gasteiger partial charge on any atom is -0.376 e. The molecule has 0 aliphatic carbocycles. The second-order valence-corrected chi connectivity index (χ2v) is 7.18. The second-order valence-electron chi connectivity index (χ2n) is 5.75. The lowest BCUT2D eigenvalue weighted by Crippen LogP contribution is -2.05. The molecule has 0 unspecified atom stereocenters. The van der Waals surface area contributed by atoms with E-state index in [1.807, 2.05) is 0 Å². The number of nitrogens with zero attached hydrogens (tertiary/aromatic N) is 2. The standard InChI is InChI=1S/C16H25N3O4S/c1-3-4-5-6-7-8-13(2)24-12-17-14-9-15(18(20)21)11-16(10-14)19(22)23/h9-11,13,17H,3-8,12H2,1-2H3/t13-/m1/s1. The zero-order valence-corrected chi connectivity index (χ0v) is 15.0. The van der Waals surface area contributed by atoms with Crippen LogP contribution in [0.25, 0.3) is 0 Å². The highest BCUT2D eigenvalue weighted by Gasteiger charge is 2.16. The molecule has 8 heteroatoms. The smallest absolute Gasteiger partial charge is 0.278 e. The SMILES string of the molecule is CCCCCCC[C@@H](C)SCNc1cc([N+](=O)[O-])cc([N+](=O)[O-])c1. The molecule has 1 aromatic rings. The lowest BCUT2D eigenvalue weighted by atomic mass is 10.1. The first-order chi connectivity index (χ1) is 11.4. The van der Waals surface area contributed by atoms with Gasteiger partial charge in [-0.3, -0.25) is 20.2 Å². The predicted octanol–water partition coefficient (Wildman–Crippen LogP) is 5.35. The van der Waals surface area contributed by atoms with Gasteiger partial charge in [-0.2, -0.15) is 0 Å². The molecular weight excluding hydrogens is 330 g/mol. The van der Waals surface area contributed by atoms with Gasteiger partial charge in [0.05, 0.1) is 21.8 Å². The average Bonchev–Trinajstić information content (AvgIpc) is 2.54. The number of benzene rings is 1. The largest absolute Gasteiger partial charge is 0.376 e. The highest BCUT2D eigenvalue weighted by molar-refractivity contribution is 7.99. The fraction of sp³-hybridized carbons (Fsp3) is 0.625. The third-order valence-electron chi connectivity index (χ3n) is 3.68. The normalized spacial score (nSPS) is 11.9. The fourth-order valence-electron chi connectivity index (χ4n) is 2.29. The molecule has 0 fully saturated rings. The van der Waals surface area contributed by atoms with Gasteiger partial charge in [0.25, 0.3) is 11.4 Å². The van der Waals surface area contributed by atoms with Crippen LogP contribution in [0.5, 0.6) is 0 Å². The van der Waals surface area contributed by atoms with E-state index in [4.69, 9.17) is 0 Å². The molecule has 1 rings (SSSR count). The van der Waals surface area contributed by atoms with Gasteiger partial charge in [-0.15, -0.1) is 11.8 Å². The zero-order valence-electron chi connectivity index (χ0n) is 14.2. The van der Waals surface area contributed by atoms with Crippen molar-refractivity contribution in [3.63, 3.8) is 0 Å². The van der Waals surface area contributed by atoms with Crippen LogP contribution >= 0.6 is 11.8 Å². The Morgan fingerprint density at radius 1 is 1.04 bits per heavy atom. The van der Waals surface area contributed by atoms with Crippen molar-refractivity contribution in [2.24, 2.45) is 0 Å². The maximum absolute atomic E-state index is 10.9. The first-order valence-electron chi connectivity index (χ1n) is 8.23. The van der Waals surface area contributed by atoms with Gasteiger partial charge in [-0.05, 0) is 6.42 Å². The quantitative estimate of drug-likeness (QED) is 0.235. The molecule has 134 valence electrons. The van der Waals surface area contributed by atoms with E-state index in [9.17, 15) is 20.2 Å². The van der Waals surface area contributed by atoms with Crippen molar-refractivity contribution in [3.8, 4) is 0 Å². The Labute approximate surface area is 146 Å². The van der Waals surface area contributed by atoms with E-state index >= 15 is 0 Å². The highest BCUT2D eigenvalue weighted by atomic mass is 32.2. The molecule has 0 saturated heterocycles. The van der Waals surface area contributed by atoms with Crippen molar-refractivity contribution in [2.75, 3.05) is 11.2 Å². The molecule has 0 saturated carbocycles. The summed E-state index contributed by atoms with van der Waals surface area (Å²) in [6.07, 6.45) is 7.40. The number of thioether (sulfide) groups is 1. The van der Waals surface area contributed by atoms with Gasteiger partial charge < -0.3 is 5.32 Å². The van der Waals surface area contributed by atoms with Gasteiger partial charge in [0, 0.05) is 23.1 Å². The maximum atomic E-state index is 10.9. The molecule has 0 aliphatic rings. The molecule has 24 heavy (non-hydrogen) atoms. The van der Waals surface area contributed by atoms with Gasteiger partial charge in [0.2, 0.25) is 0 Å². The van der Waals surface area contributed by atoms with E-state index in [0.717, 1.165) is 12.5 Å². The zero-order chi connectivity index (χ0) is 17.9. The second kappa shape index (κ2) is 10.9. The molecule has 0 amide bonds. The molecule has 0 aromatic heterocycles. The Morgan fingerprint density at radius 3 is 2.17 bits per heavy atom. The number of nitro benzene ring substituents is 2. The molecule has 0 spiro atoms. The van der Waals surface area contributed by atoms with E-state index in [-0.39, 0.29) is 11.4 Å². The topological polar surface area (TPSA) is 98.3 Å². The Hall–Kier alpha value is -1.83. The van der Waals surface area contributed by atoms with Gasteiger partial charge in [0.1, 0.15) is 0 Å². The monoisotopic (exact) mass is 355 g/mol. The van der Waals surface area contributed by atoms with E-state index in [1.54, 1.807) is 11.8 Å². The lowest BCUT2D eigenvalue weighted by molar-refractivity contribution is -0.394. The van der Waals surface area contributed by atoms with E-state index in [2.05, 4.69) is 19.2 Å². The van der Waals surface area contributed by atoms with Crippen LogP contribution in [-0.2, 0) is 0 Å². The van der Waals surface area contributed by atoms with Gasteiger partial charge in [-0.25, -0.2) is 0 Å². The van der Waals surface area contributed by atoms with Gasteiger partial charge in [0.15, 0.2) is 0 Å². The summed E-state index contributed by atoms with van der Waals surface area (Å²) in [5.41, 5.74) is -0.153. The van der Waals surface area contributed by atoms with Crippen molar-refractivity contribution in [1.82, 2.24) is 0 Å². The number of hydrogen-bond acceptors (Lipinski definition) is 6. The van der Waals surface area contributed by atoms with Crippen molar-refractivity contribution in [1.29, 1.82) is 0 Å². The van der Waals surface area contributed by atoms with E-state index in [1.165, 1.54) is 44.2 Å². The molecule has 1 aromatic carbocycles. The lowest BCUT2D eigenvalue weighted by Gasteiger charge is -2.12. The number of unbranched alkanes of at least 4 members (excludes halogenated alkanes) is 4. The average molecular weight is 355 g/mol. The summed E-state index contributed by atoms with van der Waals surface area (Å²) in [6.45, 7) is 4.35. The molecule has 0 heterocycles. The minimum absolute atomic E-state index is 0.277. The van der Waals surface area contributed by atoms with Crippen molar-refractivity contribution < 1.29 is 9.85 Å². The summed E-state index contributed by atoms with van der Waals surface area (Å²) in [6, 6.07) is 3.61. The van der Waals surface area contributed by atoms with Crippen LogP contribution in [0.2, 0.25) is 0 Å². The van der Waals surface area contributed by atoms with Crippen LogP contribution in [-0.4, -0.2) is 21.0 Å². The van der Waals surface area contributed by atoms with Crippen molar-refractivity contribution >= 4 is 28.8 Å². The number of nitro groups is 2. The molecule has 1 N–H and O–H groups in total. The van der Waals surface area contributed by atoms with E-state index < -0.39 is 9.85 Å². The summed E-state index contributed by atoms with van der Waals surface area (Å²) in [4.78, 5) is 20.5. The molecular formula is C16H25N3O4S. The fourth-order valence-corrected chi connectivity index (χ4v) is 3.16. The summed E-state index contributed by atoms with van der Waals surface area (Å²) >= 11 is 1.71. The van der Waals surface area contributed by atoms with Gasteiger partial charge in [-0.1, -0.05) is 46.0 Å². The Morgan fingerprint density at radius 2 is 1.62 bits per heavy atom. The number of rotatable bonds is 12. The third kappa shape index (κ3) is 7.63. The van der Waals surface area contributed by atoms with Crippen LogP contribution in [0, 0.1) is 20.2 Å². The molecule has 0 aliphatic heterocycles. The summed E-state index contributed by atoms with van der Waals surface area (Å²) in [5.74, 6) is 0.564. The van der Waals surface area contributed by atoms with Crippen LogP contribution < -0.4 is 5.32 Å². The summed E-state index contributed by atoms with van der Waals surface area (Å²) in [7, 11) is 0. The third-order valence-corrected chi connectivity index (χ3v) is 4.80. The Bertz CT molecular complexity index is 522. The molecule has 0 radical (unpaired) electrons. The minimum atomic E-state index is -0.621. The molecule has 0 bridgehead atoms. The van der Waals surface area contributed by atoms with Crippen LogP contribution in [0.4, 0.5) is 17.1 Å². The summed E-state index contributed by atoms with van der Waals surface area (Å²) < 4.78 is 0. The van der Waals surface area contributed by atoms with Crippen LogP contribution in [0.15, 0.2) is 18.2 Å². The Balaban J connectivity index is 2.43. The first-order valence-corrected chi connectivity index (χ1v) is 9.28. The predicted molar refractivity (Wildman–Crippen MR) is 98.7 cm³/mol. The number of non-ortho nitro benzene ring substituents is 2. The van der Waals surface area contributed by atoms with E-state index in [0.29, 0.717) is 16.8 Å². The molecule has 7 nitrogen and oxygen atoms in total. The summed E-state index contributed by atoms with van der Waals surface area (Å²) in [5, 5.41) is 25.2. The maximum Gasteiger partial charge on any atom is 0.278 e. The first kappa shape index (κ1) is 20.2. The number of anilines is 1. The Kier molecular flexibility index (Phi) is 9.14. The molecule has 1 atom stereocenters. The van der Waals surface area contributed by atoms with Crippen molar-refractivity contribution in [2.45, 2.75) is 57.6 Å². The van der Waals surface area contributed by atoms with Crippen molar-refractivity contribution in [3.05, 3.63) is 38.4 Å². The van der Waals surface area contributed by atoms with Crippen LogP contribution in [0.1, 0.15) is 52.4 Å².